The van der Waals surface area contributed by atoms with Gasteiger partial charge in [-0.15, -0.1) is 11.3 Å². The van der Waals surface area contributed by atoms with Gasteiger partial charge < -0.3 is 15.0 Å². The molecular weight excluding hydrogens is 546 g/mol. The number of thiazole rings is 1. The Hall–Kier alpha value is -3.95. The summed E-state index contributed by atoms with van der Waals surface area (Å²) in [6.45, 7) is 3.32. The molecule has 0 saturated carbocycles. The maximum absolute atomic E-state index is 13.8. The van der Waals surface area contributed by atoms with Gasteiger partial charge in [0.1, 0.15) is 17.4 Å². The molecule has 4 heterocycles. The van der Waals surface area contributed by atoms with E-state index in [1.165, 1.54) is 0 Å². The zero-order valence-electron chi connectivity index (χ0n) is 21.8. The fraction of sp³-hybridized carbons (Fsp3) is 0.267. The fourth-order valence-corrected chi connectivity index (χ4v) is 6.79. The number of carbonyl (C=O) groups excluding carboxylic acids is 1. The third-order valence-electron chi connectivity index (χ3n) is 7.77. The van der Waals surface area contributed by atoms with Gasteiger partial charge in [-0.1, -0.05) is 35.9 Å². The third-order valence-corrected chi connectivity index (χ3v) is 9.09. The van der Waals surface area contributed by atoms with E-state index in [1.807, 2.05) is 66.4 Å². The van der Waals surface area contributed by atoms with Crippen LogP contribution in [0.15, 0.2) is 65.5 Å². The van der Waals surface area contributed by atoms with E-state index >= 15 is 0 Å². The molecule has 2 aliphatic heterocycles. The number of amides is 1. The number of halogens is 1. The van der Waals surface area contributed by atoms with E-state index in [2.05, 4.69) is 11.4 Å². The van der Waals surface area contributed by atoms with E-state index in [0.29, 0.717) is 41.4 Å². The Morgan fingerprint density at radius 3 is 2.73 bits per heavy atom. The average molecular weight is 572 g/mol. The normalized spacial score (nSPS) is 18.8. The minimum Gasteiger partial charge on any atom is -0.447 e. The summed E-state index contributed by atoms with van der Waals surface area (Å²) in [5, 5.41) is 5.78. The number of hydrogen-bond donors (Lipinski definition) is 1. The molecule has 0 unspecified atom stereocenters. The van der Waals surface area contributed by atoms with Crippen molar-refractivity contribution in [3.05, 3.63) is 87.4 Å². The SMILES string of the molecule is Cc1nc2cc(-c3nc4ccccc4s3)c(N[C@H]3CCN4C(=O)OC[C@@H]4C3)cc2c(=O)n1Cc1ccc(Cl)cc1. The van der Waals surface area contributed by atoms with Gasteiger partial charge in [-0.3, -0.25) is 9.36 Å². The third kappa shape index (κ3) is 4.49. The lowest BCUT2D eigenvalue weighted by Gasteiger charge is -2.33. The van der Waals surface area contributed by atoms with Gasteiger partial charge in [0.25, 0.3) is 5.56 Å². The second-order valence-electron chi connectivity index (χ2n) is 10.4. The highest BCUT2D eigenvalue weighted by Gasteiger charge is 2.38. The first-order valence-electron chi connectivity index (χ1n) is 13.3. The van der Waals surface area contributed by atoms with Crippen molar-refractivity contribution in [3.8, 4) is 10.6 Å². The number of nitrogens with zero attached hydrogens (tertiary/aromatic N) is 4. The molecule has 8 nitrogen and oxygen atoms in total. The van der Waals surface area contributed by atoms with Crippen LogP contribution in [0.5, 0.6) is 0 Å². The molecule has 0 radical (unpaired) electrons. The van der Waals surface area contributed by atoms with Crippen LogP contribution in [0.25, 0.3) is 31.7 Å². The number of fused-ring (bicyclic) bond motifs is 3. The number of carbonyl (C=O) groups is 1. The lowest BCUT2D eigenvalue weighted by molar-refractivity contribution is 0.153. The van der Waals surface area contributed by atoms with Crippen LogP contribution in [0, 0.1) is 6.92 Å². The van der Waals surface area contributed by atoms with Crippen molar-refractivity contribution < 1.29 is 9.53 Å². The first-order chi connectivity index (χ1) is 19.4. The standard InChI is InChI=1S/C30H26ClN5O3S/c1-17-32-26-13-22(28-34-24-4-2-3-5-27(24)40-28)25(33-20-10-11-35-21(12-20)16-39-30(35)38)14-23(26)29(37)36(17)15-18-6-8-19(31)9-7-18/h2-9,13-14,20-21,33H,10-12,15-16H2,1H3/t20-,21-/m0/s1. The van der Waals surface area contributed by atoms with Crippen LogP contribution in [-0.2, 0) is 11.3 Å². The monoisotopic (exact) mass is 571 g/mol. The van der Waals surface area contributed by atoms with Gasteiger partial charge in [0.15, 0.2) is 0 Å². The van der Waals surface area contributed by atoms with Gasteiger partial charge in [-0.05, 0) is 61.7 Å². The molecule has 2 aliphatic rings. The summed E-state index contributed by atoms with van der Waals surface area (Å²) < 4.78 is 8.07. The number of aromatic nitrogens is 3. The summed E-state index contributed by atoms with van der Waals surface area (Å²) in [6.07, 6.45) is 1.33. The number of anilines is 1. The number of aryl methyl sites for hydroxylation is 1. The Balaban J connectivity index is 1.32. The number of cyclic esters (lactones) is 1. The van der Waals surface area contributed by atoms with E-state index in [0.717, 1.165) is 44.9 Å². The predicted octanol–water partition coefficient (Wildman–Crippen LogP) is 6.08. The molecule has 2 fully saturated rings. The number of para-hydroxylation sites is 1. The smallest absolute Gasteiger partial charge is 0.410 e. The molecule has 0 aliphatic carbocycles. The molecule has 202 valence electrons. The zero-order valence-corrected chi connectivity index (χ0v) is 23.3. The summed E-state index contributed by atoms with van der Waals surface area (Å²) >= 11 is 7.68. The van der Waals surface area contributed by atoms with E-state index in [-0.39, 0.29) is 23.7 Å². The topological polar surface area (TPSA) is 89.4 Å². The van der Waals surface area contributed by atoms with Crippen LogP contribution in [0.1, 0.15) is 24.2 Å². The highest BCUT2D eigenvalue weighted by atomic mass is 35.5. The molecule has 0 spiro atoms. The molecule has 40 heavy (non-hydrogen) atoms. The van der Waals surface area contributed by atoms with Crippen LogP contribution in [0.2, 0.25) is 5.02 Å². The first-order valence-corrected chi connectivity index (χ1v) is 14.5. The van der Waals surface area contributed by atoms with Gasteiger partial charge >= 0.3 is 6.09 Å². The number of rotatable bonds is 5. The van der Waals surface area contributed by atoms with Crippen LogP contribution in [-0.4, -0.2) is 50.8 Å². The van der Waals surface area contributed by atoms with Gasteiger partial charge in [-0.2, -0.15) is 0 Å². The fourth-order valence-electron chi connectivity index (χ4n) is 5.67. The summed E-state index contributed by atoms with van der Waals surface area (Å²) in [7, 11) is 0. The number of hydrogen-bond acceptors (Lipinski definition) is 7. The van der Waals surface area contributed by atoms with Gasteiger partial charge in [0.2, 0.25) is 0 Å². The van der Waals surface area contributed by atoms with Gasteiger partial charge in [-0.25, -0.2) is 14.8 Å². The van der Waals surface area contributed by atoms with E-state index in [9.17, 15) is 9.59 Å². The molecule has 2 atom stereocenters. The van der Waals surface area contributed by atoms with Crippen LogP contribution in [0.3, 0.4) is 0 Å². The van der Waals surface area contributed by atoms with Gasteiger partial charge in [0.05, 0.1) is 33.7 Å². The molecular formula is C30H26ClN5O3S. The molecule has 1 N–H and O–H groups in total. The summed E-state index contributed by atoms with van der Waals surface area (Å²) in [4.78, 5) is 37.4. The molecule has 3 aromatic carbocycles. The minimum atomic E-state index is -0.230. The molecule has 10 heteroatoms. The zero-order chi connectivity index (χ0) is 27.4. The van der Waals surface area contributed by atoms with Crippen molar-refractivity contribution >= 4 is 55.8 Å². The average Bonchev–Trinajstić information content (AvgIpc) is 3.55. The number of piperidine rings is 1. The maximum Gasteiger partial charge on any atom is 0.410 e. The van der Waals surface area contributed by atoms with Crippen molar-refractivity contribution in [1.82, 2.24) is 19.4 Å². The summed E-state index contributed by atoms with van der Waals surface area (Å²) in [5.41, 5.74) is 4.21. The Morgan fingerprint density at radius 2 is 1.90 bits per heavy atom. The van der Waals surface area contributed by atoms with Crippen LogP contribution >= 0.6 is 22.9 Å². The van der Waals surface area contributed by atoms with Crippen molar-refractivity contribution in [2.75, 3.05) is 18.5 Å². The van der Waals surface area contributed by atoms with Crippen molar-refractivity contribution in [2.24, 2.45) is 0 Å². The highest BCUT2D eigenvalue weighted by molar-refractivity contribution is 7.21. The predicted molar refractivity (Wildman–Crippen MR) is 158 cm³/mol. The Morgan fingerprint density at radius 1 is 1.07 bits per heavy atom. The van der Waals surface area contributed by atoms with Crippen molar-refractivity contribution in [2.45, 2.75) is 38.4 Å². The number of nitrogens with one attached hydrogen (secondary N) is 1. The molecule has 5 aromatic rings. The second-order valence-corrected chi connectivity index (χ2v) is 11.8. The minimum absolute atomic E-state index is 0.0611. The van der Waals surface area contributed by atoms with E-state index < -0.39 is 0 Å². The lowest BCUT2D eigenvalue weighted by Crippen LogP contribution is -2.45. The highest BCUT2D eigenvalue weighted by Crippen LogP contribution is 2.38. The Bertz CT molecular complexity index is 1800. The van der Waals surface area contributed by atoms with Crippen molar-refractivity contribution in [3.63, 3.8) is 0 Å². The summed E-state index contributed by atoms with van der Waals surface area (Å²) in [5.74, 6) is 0.640. The molecule has 2 aromatic heterocycles. The van der Waals surface area contributed by atoms with E-state index in [4.69, 9.17) is 26.3 Å². The molecule has 0 bridgehead atoms. The van der Waals surface area contributed by atoms with Crippen LogP contribution in [0.4, 0.5) is 10.5 Å². The van der Waals surface area contributed by atoms with Crippen molar-refractivity contribution in [1.29, 1.82) is 0 Å². The van der Waals surface area contributed by atoms with Gasteiger partial charge in [0, 0.05) is 28.9 Å². The quantitative estimate of drug-likeness (QED) is 0.275. The number of ether oxygens (including phenoxy) is 1. The second kappa shape index (κ2) is 9.91. The van der Waals surface area contributed by atoms with Crippen LogP contribution < -0.4 is 10.9 Å². The lowest BCUT2D eigenvalue weighted by atomic mass is 9.97. The Labute approximate surface area is 239 Å². The largest absolute Gasteiger partial charge is 0.447 e. The number of benzene rings is 3. The van der Waals surface area contributed by atoms with E-state index in [1.54, 1.807) is 15.9 Å². The summed E-state index contributed by atoms with van der Waals surface area (Å²) in [6, 6.07) is 19.6. The first kappa shape index (κ1) is 25.0. The molecule has 2 saturated heterocycles. The maximum atomic E-state index is 13.8. The molecule has 1 amide bonds. The Kier molecular flexibility index (Phi) is 6.20. The molecule has 7 rings (SSSR count).